The van der Waals surface area contributed by atoms with E-state index in [1.807, 2.05) is 25.2 Å². The predicted octanol–water partition coefficient (Wildman–Crippen LogP) is 3.45. The third-order valence-electron chi connectivity index (χ3n) is 2.73. The summed E-state index contributed by atoms with van der Waals surface area (Å²) in [6.45, 7) is 17.2. The van der Waals surface area contributed by atoms with Crippen molar-refractivity contribution in [2.75, 3.05) is 13.2 Å². The fourth-order valence-electron chi connectivity index (χ4n) is 1.68. The van der Waals surface area contributed by atoms with Gasteiger partial charge < -0.3 is 13.0 Å². The summed E-state index contributed by atoms with van der Waals surface area (Å²) in [6, 6.07) is 1.69. The molecule has 0 aromatic rings. The van der Waals surface area contributed by atoms with Crippen LogP contribution in [0.25, 0.3) is 0 Å². The smallest absolute Gasteiger partial charge is 0.355 e. The Bertz CT molecular complexity index is 224. The third-order valence-corrected chi connectivity index (χ3v) is 10.3. The van der Waals surface area contributed by atoms with Gasteiger partial charge in [-0.25, -0.2) is 0 Å². The minimum Gasteiger partial charge on any atom is -0.408 e. The molecule has 0 rings (SSSR count). The van der Waals surface area contributed by atoms with Crippen LogP contribution in [0.5, 0.6) is 0 Å². The zero-order valence-corrected chi connectivity index (χ0v) is 13.6. The van der Waals surface area contributed by atoms with Gasteiger partial charge in [-0.2, -0.15) is 0 Å². The van der Waals surface area contributed by atoms with Crippen LogP contribution in [0.2, 0.25) is 12.1 Å². The molecule has 5 heteroatoms. The summed E-state index contributed by atoms with van der Waals surface area (Å²) < 4.78 is 18.0. The van der Waals surface area contributed by atoms with Gasteiger partial charge in [0.15, 0.2) is 0 Å². The second-order valence-corrected chi connectivity index (χ2v) is 10.6. The topological polar surface area (TPSA) is 27.7 Å². The summed E-state index contributed by atoms with van der Waals surface area (Å²) in [7, 11) is -4.66. The highest BCUT2D eigenvalue weighted by Gasteiger charge is 2.43. The van der Waals surface area contributed by atoms with E-state index in [0.717, 1.165) is 12.1 Å². The van der Waals surface area contributed by atoms with Crippen molar-refractivity contribution in [3.05, 3.63) is 24.6 Å². The molecule has 0 amide bonds. The maximum absolute atomic E-state index is 6.30. The Morgan fingerprint density at radius 3 is 1.35 bits per heavy atom. The van der Waals surface area contributed by atoms with Gasteiger partial charge in [0.2, 0.25) is 0 Å². The molecule has 2 atom stereocenters. The van der Waals surface area contributed by atoms with Crippen molar-refractivity contribution < 1.29 is 13.0 Å². The summed E-state index contributed by atoms with van der Waals surface area (Å²) in [6.07, 6.45) is 0. The molecule has 17 heavy (non-hydrogen) atoms. The Morgan fingerprint density at radius 1 is 0.824 bits per heavy atom. The first kappa shape index (κ1) is 16.8. The highest BCUT2D eigenvalue weighted by Crippen LogP contribution is 2.25. The van der Waals surface area contributed by atoms with Crippen molar-refractivity contribution in [3.63, 3.8) is 0 Å². The molecule has 0 aliphatic heterocycles. The zero-order chi connectivity index (χ0) is 13.4. The SMILES string of the molecule is C=C[Si](CC)(OCC)O[Si](C=C)(CC)OCC. The molecule has 0 bridgehead atoms. The summed E-state index contributed by atoms with van der Waals surface area (Å²) in [5.74, 6) is 0. The van der Waals surface area contributed by atoms with Gasteiger partial charge in [0, 0.05) is 13.2 Å². The molecule has 2 unspecified atom stereocenters. The van der Waals surface area contributed by atoms with Crippen LogP contribution in [0.1, 0.15) is 27.7 Å². The fourth-order valence-corrected chi connectivity index (χ4v) is 8.51. The van der Waals surface area contributed by atoms with Crippen LogP contribution in [0.3, 0.4) is 0 Å². The quantitative estimate of drug-likeness (QED) is 0.571. The number of hydrogen-bond donors (Lipinski definition) is 0. The Kier molecular flexibility index (Phi) is 7.90. The average molecular weight is 275 g/mol. The molecule has 100 valence electrons. The minimum atomic E-state index is -2.33. The molecule has 0 aromatic carbocycles. The van der Waals surface area contributed by atoms with E-state index in [0.29, 0.717) is 13.2 Å². The van der Waals surface area contributed by atoms with Crippen LogP contribution in [0.4, 0.5) is 0 Å². The Hall–Kier alpha value is -0.206. The first-order valence-electron chi connectivity index (χ1n) is 6.32. The van der Waals surface area contributed by atoms with E-state index < -0.39 is 17.1 Å². The van der Waals surface area contributed by atoms with Gasteiger partial charge in [-0.05, 0) is 25.9 Å². The van der Waals surface area contributed by atoms with Gasteiger partial charge in [-0.3, -0.25) is 0 Å². The first-order chi connectivity index (χ1) is 8.07. The molecule has 0 aromatic heterocycles. The van der Waals surface area contributed by atoms with Crippen molar-refractivity contribution in [1.82, 2.24) is 0 Å². The van der Waals surface area contributed by atoms with E-state index >= 15 is 0 Å². The lowest BCUT2D eigenvalue weighted by molar-refractivity contribution is 0.208. The molecule has 0 saturated heterocycles. The normalized spacial score (nSPS) is 18.1. The van der Waals surface area contributed by atoms with E-state index in [1.54, 1.807) is 0 Å². The van der Waals surface area contributed by atoms with E-state index in [-0.39, 0.29) is 0 Å². The van der Waals surface area contributed by atoms with Crippen LogP contribution < -0.4 is 0 Å². The standard InChI is InChI=1S/C12H26O3Si2/c1-7-13-16(9-3,10-4)15-17(11-5,12-6)14-8-2/h9,11H,3,5,7-8,10,12H2,1-2,4,6H3. The lowest BCUT2D eigenvalue weighted by Gasteiger charge is -2.36. The van der Waals surface area contributed by atoms with Crippen molar-refractivity contribution in [2.24, 2.45) is 0 Å². The maximum atomic E-state index is 6.30. The van der Waals surface area contributed by atoms with Crippen molar-refractivity contribution >= 4 is 17.1 Å². The summed E-state index contributed by atoms with van der Waals surface area (Å²) in [5, 5.41) is 0. The summed E-state index contributed by atoms with van der Waals surface area (Å²) >= 11 is 0. The minimum absolute atomic E-state index is 0.642. The van der Waals surface area contributed by atoms with Gasteiger partial charge in [0.05, 0.1) is 0 Å². The van der Waals surface area contributed by atoms with Crippen LogP contribution in [0.15, 0.2) is 24.6 Å². The van der Waals surface area contributed by atoms with Gasteiger partial charge in [-0.15, -0.1) is 13.2 Å². The predicted molar refractivity (Wildman–Crippen MR) is 77.2 cm³/mol. The largest absolute Gasteiger partial charge is 0.408 e. The van der Waals surface area contributed by atoms with E-state index in [4.69, 9.17) is 13.0 Å². The third kappa shape index (κ3) is 4.52. The molecule has 0 fully saturated rings. The van der Waals surface area contributed by atoms with Crippen LogP contribution in [-0.4, -0.2) is 30.3 Å². The number of rotatable bonds is 10. The molecular weight excluding hydrogens is 248 g/mol. The Balaban J connectivity index is 5.02. The van der Waals surface area contributed by atoms with Gasteiger partial charge >= 0.3 is 17.1 Å². The molecular formula is C12H26O3Si2. The van der Waals surface area contributed by atoms with E-state index in [1.165, 1.54) is 0 Å². The van der Waals surface area contributed by atoms with Crippen molar-refractivity contribution in [2.45, 2.75) is 39.8 Å². The molecule has 0 N–H and O–H groups in total. The Labute approximate surface area is 108 Å². The lowest BCUT2D eigenvalue weighted by atomic mass is 10.9. The van der Waals surface area contributed by atoms with Crippen LogP contribution in [-0.2, 0) is 13.0 Å². The highest BCUT2D eigenvalue weighted by atomic mass is 28.5. The second-order valence-electron chi connectivity index (χ2n) is 3.71. The molecule has 0 radical (unpaired) electrons. The summed E-state index contributed by atoms with van der Waals surface area (Å²) in [4.78, 5) is 0. The fraction of sp³-hybridized carbons (Fsp3) is 0.667. The van der Waals surface area contributed by atoms with E-state index in [9.17, 15) is 0 Å². The molecule has 0 spiro atoms. The molecule has 0 saturated carbocycles. The molecule has 3 nitrogen and oxygen atoms in total. The zero-order valence-electron chi connectivity index (χ0n) is 11.6. The molecule has 0 aliphatic carbocycles. The summed E-state index contributed by atoms with van der Waals surface area (Å²) in [5.41, 5.74) is 3.72. The lowest BCUT2D eigenvalue weighted by Crippen LogP contribution is -2.53. The monoisotopic (exact) mass is 274 g/mol. The van der Waals surface area contributed by atoms with Gasteiger partial charge in [0.1, 0.15) is 0 Å². The molecule has 0 heterocycles. The average Bonchev–Trinajstić information content (AvgIpc) is 2.37. The van der Waals surface area contributed by atoms with Crippen molar-refractivity contribution in [3.8, 4) is 0 Å². The van der Waals surface area contributed by atoms with Gasteiger partial charge in [0.25, 0.3) is 0 Å². The Morgan fingerprint density at radius 2 is 1.18 bits per heavy atom. The first-order valence-corrected chi connectivity index (χ1v) is 10.5. The number of hydrogen-bond acceptors (Lipinski definition) is 3. The van der Waals surface area contributed by atoms with Gasteiger partial charge in [-0.1, -0.05) is 25.2 Å². The maximum Gasteiger partial charge on any atom is 0.355 e. The van der Waals surface area contributed by atoms with E-state index in [2.05, 4.69) is 27.0 Å². The van der Waals surface area contributed by atoms with Crippen LogP contribution in [0, 0.1) is 0 Å². The van der Waals surface area contributed by atoms with Crippen LogP contribution >= 0.6 is 0 Å². The molecule has 0 aliphatic rings. The second kappa shape index (κ2) is 7.99. The van der Waals surface area contributed by atoms with Crippen molar-refractivity contribution in [1.29, 1.82) is 0 Å². The highest BCUT2D eigenvalue weighted by molar-refractivity contribution is 6.85.